The van der Waals surface area contributed by atoms with Crippen LogP contribution in [0.15, 0.2) is 41.3 Å². The summed E-state index contributed by atoms with van der Waals surface area (Å²) < 4.78 is 26.9. The van der Waals surface area contributed by atoms with E-state index in [1.807, 2.05) is 19.1 Å². The first-order valence-electron chi connectivity index (χ1n) is 7.31. The zero-order valence-electron chi connectivity index (χ0n) is 12.0. The van der Waals surface area contributed by atoms with Crippen molar-refractivity contribution in [1.82, 2.24) is 4.72 Å². The number of benzene rings is 1. The van der Waals surface area contributed by atoms with Gasteiger partial charge in [0.2, 0.25) is 10.0 Å². The summed E-state index contributed by atoms with van der Waals surface area (Å²) in [6, 6.07) is 6.96. The zero-order chi connectivity index (χ0) is 14.4. The Bertz CT molecular complexity index is 546. The minimum absolute atomic E-state index is 0.347. The molecule has 1 aromatic carbocycles. The van der Waals surface area contributed by atoms with Crippen LogP contribution in [0.5, 0.6) is 0 Å². The topological polar surface area (TPSA) is 46.2 Å². The van der Waals surface area contributed by atoms with Gasteiger partial charge in [0.25, 0.3) is 0 Å². The molecule has 1 N–H and O–H groups in total. The number of rotatable bonds is 5. The molecule has 0 fully saturated rings. The predicted octanol–water partition coefficient (Wildman–Crippen LogP) is 3.41. The molecule has 0 saturated carbocycles. The van der Waals surface area contributed by atoms with E-state index >= 15 is 0 Å². The lowest BCUT2D eigenvalue weighted by Crippen LogP contribution is -2.26. The third-order valence-electron chi connectivity index (χ3n) is 3.74. The molecule has 0 aromatic heterocycles. The van der Waals surface area contributed by atoms with E-state index in [1.165, 1.54) is 19.3 Å². The van der Waals surface area contributed by atoms with Crippen LogP contribution in [0.1, 0.15) is 37.7 Å². The lowest BCUT2D eigenvalue weighted by molar-refractivity contribution is 0.515. The van der Waals surface area contributed by atoms with Crippen LogP contribution in [-0.4, -0.2) is 15.0 Å². The second kappa shape index (κ2) is 7.04. The van der Waals surface area contributed by atoms with Crippen LogP contribution >= 0.6 is 0 Å². The first-order valence-corrected chi connectivity index (χ1v) is 8.79. The van der Waals surface area contributed by atoms with E-state index in [2.05, 4.69) is 16.9 Å². The van der Waals surface area contributed by atoms with Gasteiger partial charge in [-0.3, -0.25) is 0 Å². The van der Waals surface area contributed by atoms with Crippen LogP contribution in [0.4, 0.5) is 0 Å². The number of sulfonamides is 1. The van der Waals surface area contributed by atoms with Crippen molar-refractivity contribution in [2.75, 3.05) is 6.54 Å². The Morgan fingerprint density at radius 1 is 1.20 bits per heavy atom. The van der Waals surface area contributed by atoms with E-state index in [0.717, 1.165) is 18.4 Å². The van der Waals surface area contributed by atoms with E-state index < -0.39 is 10.0 Å². The molecule has 2 rings (SSSR count). The molecule has 0 heterocycles. The van der Waals surface area contributed by atoms with E-state index in [0.29, 0.717) is 17.4 Å². The molecule has 4 heteroatoms. The predicted molar refractivity (Wildman–Crippen MR) is 82.1 cm³/mol. The minimum atomic E-state index is -3.36. The van der Waals surface area contributed by atoms with Gasteiger partial charge in [-0.2, -0.15) is 0 Å². The molecule has 0 aliphatic heterocycles. The number of allylic oxidation sites excluding steroid dienone is 2. The number of hydrogen-bond donors (Lipinski definition) is 1. The highest BCUT2D eigenvalue weighted by Gasteiger charge is 2.14. The largest absolute Gasteiger partial charge is 0.240 e. The highest BCUT2D eigenvalue weighted by atomic mass is 32.2. The van der Waals surface area contributed by atoms with E-state index in [9.17, 15) is 8.42 Å². The van der Waals surface area contributed by atoms with Gasteiger partial charge in [-0.1, -0.05) is 36.3 Å². The van der Waals surface area contributed by atoms with Crippen molar-refractivity contribution in [2.24, 2.45) is 5.92 Å². The van der Waals surface area contributed by atoms with Crippen molar-refractivity contribution < 1.29 is 8.42 Å². The molecule has 1 aliphatic rings. The van der Waals surface area contributed by atoms with E-state index in [-0.39, 0.29) is 0 Å². The van der Waals surface area contributed by atoms with Gasteiger partial charge in [0.05, 0.1) is 4.90 Å². The summed E-state index contributed by atoms with van der Waals surface area (Å²) in [6.45, 7) is 2.45. The monoisotopic (exact) mass is 293 g/mol. The Labute approximate surface area is 122 Å². The molecular weight excluding hydrogens is 270 g/mol. The molecule has 0 bridgehead atoms. The van der Waals surface area contributed by atoms with E-state index in [4.69, 9.17) is 0 Å². The SMILES string of the molecule is Cc1ccc(S(=O)(=O)NCCC2C=CCCCC2)cc1. The van der Waals surface area contributed by atoms with Crippen LogP contribution in [-0.2, 0) is 10.0 Å². The van der Waals surface area contributed by atoms with Crippen LogP contribution in [0, 0.1) is 12.8 Å². The summed E-state index contributed by atoms with van der Waals surface area (Å²) in [5.41, 5.74) is 1.06. The summed E-state index contributed by atoms with van der Waals surface area (Å²) in [5, 5.41) is 0. The Hall–Kier alpha value is -1.13. The van der Waals surface area contributed by atoms with Gasteiger partial charge in [-0.05, 0) is 50.7 Å². The fraction of sp³-hybridized carbons (Fsp3) is 0.500. The van der Waals surface area contributed by atoms with Crippen molar-refractivity contribution in [3.8, 4) is 0 Å². The van der Waals surface area contributed by atoms with Crippen LogP contribution in [0.25, 0.3) is 0 Å². The van der Waals surface area contributed by atoms with Gasteiger partial charge in [0.15, 0.2) is 0 Å². The number of nitrogens with one attached hydrogen (secondary N) is 1. The fourth-order valence-corrected chi connectivity index (χ4v) is 3.52. The summed E-state index contributed by atoms with van der Waals surface area (Å²) in [6.07, 6.45) is 10.2. The first kappa shape index (κ1) is 15.3. The lowest BCUT2D eigenvalue weighted by Gasteiger charge is -2.12. The van der Waals surface area contributed by atoms with Gasteiger partial charge in [-0.25, -0.2) is 13.1 Å². The summed E-state index contributed by atoms with van der Waals surface area (Å²) in [5.74, 6) is 0.512. The number of aryl methyl sites for hydroxylation is 1. The zero-order valence-corrected chi connectivity index (χ0v) is 12.8. The quantitative estimate of drug-likeness (QED) is 0.846. The standard InChI is InChI=1S/C16H23NO2S/c1-14-8-10-16(11-9-14)20(18,19)17-13-12-15-6-4-2-3-5-7-15/h4,6,8-11,15,17H,2-3,5,7,12-13H2,1H3. The van der Waals surface area contributed by atoms with Gasteiger partial charge in [-0.15, -0.1) is 0 Å². The highest BCUT2D eigenvalue weighted by molar-refractivity contribution is 7.89. The average Bonchev–Trinajstić information content (AvgIpc) is 2.68. The first-order chi connectivity index (χ1) is 9.58. The average molecular weight is 293 g/mol. The van der Waals surface area contributed by atoms with Crippen LogP contribution < -0.4 is 4.72 Å². The maximum Gasteiger partial charge on any atom is 0.240 e. The number of hydrogen-bond acceptors (Lipinski definition) is 2. The molecule has 1 atom stereocenters. The third-order valence-corrected chi connectivity index (χ3v) is 5.22. The highest BCUT2D eigenvalue weighted by Crippen LogP contribution is 2.19. The lowest BCUT2D eigenvalue weighted by atomic mass is 10.0. The molecule has 0 spiro atoms. The molecule has 1 unspecified atom stereocenters. The van der Waals surface area contributed by atoms with Gasteiger partial charge in [0.1, 0.15) is 0 Å². The second-order valence-corrected chi connectivity index (χ2v) is 7.24. The third kappa shape index (κ3) is 4.46. The van der Waals surface area contributed by atoms with Gasteiger partial charge >= 0.3 is 0 Å². The Kier molecular flexibility index (Phi) is 5.38. The molecule has 110 valence electrons. The molecule has 0 saturated heterocycles. The molecule has 1 aliphatic carbocycles. The van der Waals surface area contributed by atoms with Crippen molar-refractivity contribution in [3.05, 3.63) is 42.0 Å². The van der Waals surface area contributed by atoms with Crippen LogP contribution in [0.2, 0.25) is 0 Å². The van der Waals surface area contributed by atoms with Crippen LogP contribution in [0.3, 0.4) is 0 Å². The normalized spacial score (nSPS) is 19.8. The smallest absolute Gasteiger partial charge is 0.211 e. The van der Waals surface area contributed by atoms with Gasteiger partial charge < -0.3 is 0 Å². The maximum absolute atomic E-state index is 12.1. The van der Waals surface area contributed by atoms with Crippen molar-refractivity contribution >= 4 is 10.0 Å². The Balaban J connectivity index is 1.87. The molecule has 20 heavy (non-hydrogen) atoms. The van der Waals surface area contributed by atoms with E-state index in [1.54, 1.807) is 12.1 Å². The Morgan fingerprint density at radius 2 is 1.95 bits per heavy atom. The van der Waals surface area contributed by atoms with Crippen molar-refractivity contribution in [3.63, 3.8) is 0 Å². The maximum atomic E-state index is 12.1. The fourth-order valence-electron chi connectivity index (χ4n) is 2.47. The molecule has 0 amide bonds. The summed E-state index contributed by atoms with van der Waals surface area (Å²) in [4.78, 5) is 0.347. The summed E-state index contributed by atoms with van der Waals surface area (Å²) >= 11 is 0. The summed E-state index contributed by atoms with van der Waals surface area (Å²) in [7, 11) is -3.36. The van der Waals surface area contributed by atoms with Crippen molar-refractivity contribution in [1.29, 1.82) is 0 Å². The van der Waals surface area contributed by atoms with Gasteiger partial charge in [0, 0.05) is 6.54 Å². The Morgan fingerprint density at radius 3 is 2.70 bits per heavy atom. The molecule has 1 aromatic rings. The molecular formula is C16H23NO2S. The molecule has 3 nitrogen and oxygen atoms in total. The minimum Gasteiger partial charge on any atom is -0.211 e. The molecule has 0 radical (unpaired) electrons. The van der Waals surface area contributed by atoms with Crippen molar-refractivity contribution in [2.45, 2.75) is 43.9 Å². The second-order valence-electron chi connectivity index (χ2n) is 5.47.